The molecule has 0 radical (unpaired) electrons. The second-order valence-corrected chi connectivity index (χ2v) is 25.5. The number of rotatable bonds is 61. The molecule has 0 amide bonds. The van der Waals surface area contributed by atoms with Gasteiger partial charge < -0.3 is 33.8 Å². The second-order valence-electron chi connectivity index (χ2n) is 22.6. The Morgan fingerprint density at radius 2 is 0.575 bits per heavy atom. The number of hydrogen-bond donors (Lipinski definition) is 3. The molecule has 474 valence electrons. The van der Waals surface area contributed by atoms with E-state index in [1.165, 1.54) is 103 Å². The lowest BCUT2D eigenvalue weighted by Gasteiger charge is -2.21. The van der Waals surface area contributed by atoms with Crippen molar-refractivity contribution in [3.8, 4) is 0 Å². The second kappa shape index (κ2) is 55.0. The lowest BCUT2D eigenvalue weighted by Crippen LogP contribution is -2.30. The van der Waals surface area contributed by atoms with Crippen LogP contribution >= 0.6 is 15.6 Å². The van der Waals surface area contributed by atoms with Gasteiger partial charge in [-0.3, -0.25) is 37.3 Å². The van der Waals surface area contributed by atoms with Gasteiger partial charge in [-0.1, -0.05) is 253 Å². The van der Waals surface area contributed by atoms with Crippen LogP contribution in [0, 0.1) is 5.92 Å². The van der Waals surface area contributed by atoms with Gasteiger partial charge in [0.25, 0.3) is 0 Å². The van der Waals surface area contributed by atoms with Gasteiger partial charge in [0, 0.05) is 25.7 Å². The quantitative estimate of drug-likeness (QED) is 0.0222. The number of ether oxygens (including phenoxy) is 4. The molecule has 0 aliphatic rings. The molecule has 5 atom stereocenters. The van der Waals surface area contributed by atoms with Gasteiger partial charge in [-0.15, -0.1) is 0 Å². The van der Waals surface area contributed by atoms with E-state index in [0.717, 1.165) is 116 Å². The van der Waals surface area contributed by atoms with Crippen LogP contribution < -0.4 is 0 Å². The van der Waals surface area contributed by atoms with Crippen LogP contribution in [-0.4, -0.2) is 96.7 Å². The highest BCUT2D eigenvalue weighted by molar-refractivity contribution is 7.47. The average Bonchev–Trinajstić information content (AvgIpc) is 3.42. The summed E-state index contributed by atoms with van der Waals surface area (Å²) in [5, 5.41) is 10.5. The third-order valence-corrected chi connectivity index (χ3v) is 15.9. The molecule has 2 unspecified atom stereocenters. The number of unbranched alkanes of at least 4 members (excludes halogenated alkanes) is 33. The number of carbonyl (C=O) groups is 4. The van der Waals surface area contributed by atoms with E-state index in [9.17, 15) is 43.2 Å². The molecule has 0 saturated heterocycles. The van der Waals surface area contributed by atoms with E-state index in [2.05, 4.69) is 34.6 Å². The molecule has 0 rings (SSSR count). The first kappa shape index (κ1) is 78.1. The van der Waals surface area contributed by atoms with Crippen molar-refractivity contribution in [3.63, 3.8) is 0 Å². The van der Waals surface area contributed by atoms with Gasteiger partial charge in [-0.25, -0.2) is 9.13 Å². The lowest BCUT2D eigenvalue weighted by atomic mass is 10.0. The van der Waals surface area contributed by atoms with Crippen molar-refractivity contribution in [3.05, 3.63) is 0 Å². The SMILES string of the molecule is CCCCCCCCCCCCCCCCCCC(=O)O[C@H](COC(=O)CCCCCCCCC(C)C)COP(=O)(O)OC[C@@H](O)COP(=O)(O)OC[C@@H](COC(=O)CCCCCCCCC)OC(=O)CCCCCCCCCC. The minimum absolute atomic E-state index is 0.104. The number of esters is 4. The molecule has 0 spiro atoms. The monoisotopic (exact) mass is 1180 g/mol. The average molecular weight is 1190 g/mol. The van der Waals surface area contributed by atoms with E-state index in [0.29, 0.717) is 31.6 Å². The van der Waals surface area contributed by atoms with Crippen LogP contribution in [0.5, 0.6) is 0 Å². The van der Waals surface area contributed by atoms with Gasteiger partial charge in [-0.2, -0.15) is 0 Å². The van der Waals surface area contributed by atoms with E-state index in [-0.39, 0.29) is 25.7 Å². The van der Waals surface area contributed by atoms with Crippen molar-refractivity contribution in [1.82, 2.24) is 0 Å². The number of phosphoric acid groups is 2. The largest absolute Gasteiger partial charge is 0.472 e. The molecular weight excluding hydrogens is 1070 g/mol. The van der Waals surface area contributed by atoms with Gasteiger partial charge in [0.05, 0.1) is 26.4 Å². The van der Waals surface area contributed by atoms with E-state index in [4.69, 9.17) is 37.0 Å². The normalized spacial score (nSPS) is 14.3. The lowest BCUT2D eigenvalue weighted by molar-refractivity contribution is -0.161. The number of aliphatic hydroxyl groups is 1. The molecule has 0 bridgehead atoms. The summed E-state index contributed by atoms with van der Waals surface area (Å²) in [5.41, 5.74) is 0. The Hall–Kier alpha value is -1.94. The molecule has 19 heteroatoms. The molecule has 3 N–H and O–H groups in total. The highest BCUT2D eigenvalue weighted by atomic mass is 31.2. The van der Waals surface area contributed by atoms with Gasteiger partial charge in [-0.05, 0) is 31.6 Å². The number of phosphoric ester groups is 2. The fourth-order valence-corrected chi connectivity index (χ4v) is 10.6. The van der Waals surface area contributed by atoms with E-state index in [1.807, 2.05) is 0 Å². The van der Waals surface area contributed by atoms with Crippen molar-refractivity contribution in [2.45, 2.75) is 323 Å². The predicted molar refractivity (Wildman–Crippen MR) is 317 cm³/mol. The maximum Gasteiger partial charge on any atom is 0.472 e. The topological polar surface area (TPSA) is 237 Å². The summed E-state index contributed by atoms with van der Waals surface area (Å²) in [4.78, 5) is 71.8. The molecule has 0 fully saturated rings. The van der Waals surface area contributed by atoms with E-state index in [1.54, 1.807) is 0 Å². The number of carbonyl (C=O) groups excluding carboxylic acids is 4. The first-order chi connectivity index (χ1) is 38.5. The van der Waals surface area contributed by atoms with Gasteiger partial charge in [0.2, 0.25) is 0 Å². The predicted octanol–water partition coefficient (Wildman–Crippen LogP) is 16.6. The van der Waals surface area contributed by atoms with Gasteiger partial charge in [0.15, 0.2) is 12.2 Å². The molecule has 0 aromatic rings. The molecule has 0 saturated carbocycles. The Labute approximate surface area is 486 Å². The van der Waals surface area contributed by atoms with Crippen molar-refractivity contribution in [1.29, 1.82) is 0 Å². The Kier molecular flexibility index (Phi) is 53.6. The first-order valence-corrected chi connectivity index (χ1v) is 35.1. The summed E-state index contributed by atoms with van der Waals surface area (Å²) >= 11 is 0. The molecule has 0 aromatic carbocycles. The summed E-state index contributed by atoms with van der Waals surface area (Å²) in [6.45, 7) is 7.02. The fourth-order valence-electron chi connectivity index (χ4n) is 9.05. The molecule has 0 aliphatic heterocycles. The van der Waals surface area contributed by atoms with Crippen molar-refractivity contribution < 1.29 is 80.2 Å². The summed E-state index contributed by atoms with van der Waals surface area (Å²) in [7, 11) is -9.87. The molecule has 0 aliphatic carbocycles. The highest BCUT2D eigenvalue weighted by Crippen LogP contribution is 2.45. The summed E-state index contributed by atoms with van der Waals surface area (Å²) < 4.78 is 67.7. The van der Waals surface area contributed by atoms with Crippen LogP contribution in [-0.2, 0) is 65.4 Å². The maximum atomic E-state index is 12.9. The van der Waals surface area contributed by atoms with Crippen LogP contribution in [0.15, 0.2) is 0 Å². The van der Waals surface area contributed by atoms with E-state index < -0.39 is 97.5 Å². The Morgan fingerprint density at radius 3 is 0.850 bits per heavy atom. The molecule has 0 heterocycles. The zero-order valence-corrected chi connectivity index (χ0v) is 53.0. The molecule has 17 nitrogen and oxygen atoms in total. The van der Waals surface area contributed by atoms with Crippen molar-refractivity contribution in [2.75, 3.05) is 39.6 Å². The van der Waals surface area contributed by atoms with Gasteiger partial charge in [0.1, 0.15) is 19.3 Å². The molecule has 0 aromatic heterocycles. The zero-order valence-electron chi connectivity index (χ0n) is 51.2. The first-order valence-electron chi connectivity index (χ1n) is 32.1. The van der Waals surface area contributed by atoms with Crippen LogP contribution in [0.3, 0.4) is 0 Å². The molecular formula is C61H118O17P2. The summed E-state index contributed by atoms with van der Waals surface area (Å²) in [6, 6.07) is 0. The fraction of sp³-hybridized carbons (Fsp3) is 0.934. The highest BCUT2D eigenvalue weighted by Gasteiger charge is 2.30. The Bertz CT molecular complexity index is 1570. The van der Waals surface area contributed by atoms with Gasteiger partial charge >= 0.3 is 39.5 Å². The smallest absolute Gasteiger partial charge is 0.462 e. The Balaban J connectivity index is 5.16. The minimum atomic E-state index is -4.94. The standard InChI is InChI=1S/C61H118O17P2/c1-6-9-12-15-18-20-21-22-23-24-25-26-27-30-37-42-47-61(66)78-57(51-72-59(64)45-40-35-32-31-33-38-43-54(4)5)53-76-80(69,70)74-49-55(62)48-73-79(67,68)75-52-56(50-71-58(63)44-39-34-28-17-14-11-8-3)77-60(65)46-41-36-29-19-16-13-10-7-2/h54-57,62H,6-53H2,1-5H3,(H,67,68)(H,69,70)/t55-,56+,57+/m0/s1. The van der Waals surface area contributed by atoms with Crippen LogP contribution in [0.2, 0.25) is 0 Å². The van der Waals surface area contributed by atoms with Crippen LogP contribution in [0.25, 0.3) is 0 Å². The number of aliphatic hydroxyl groups excluding tert-OH is 1. The third kappa shape index (κ3) is 55.3. The minimum Gasteiger partial charge on any atom is -0.462 e. The van der Waals surface area contributed by atoms with Crippen molar-refractivity contribution >= 4 is 39.5 Å². The van der Waals surface area contributed by atoms with E-state index >= 15 is 0 Å². The maximum absolute atomic E-state index is 12.9. The third-order valence-electron chi connectivity index (χ3n) is 14.0. The van der Waals surface area contributed by atoms with Crippen LogP contribution in [0.4, 0.5) is 0 Å². The molecule has 80 heavy (non-hydrogen) atoms. The van der Waals surface area contributed by atoms with Crippen molar-refractivity contribution in [2.24, 2.45) is 5.92 Å². The zero-order chi connectivity index (χ0) is 59.2. The Morgan fingerprint density at radius 1 is 0.338 bits per heavy atom. The van der Waals surface area contributed by atoms with Crippen LogP contribution in [0.1, 0.15) is 304 Å². The summed E-state index contributed by atoms with van der Waals surface area (Å²) in [5.74, 6) is -1.47. The number of hydrogen-bond acceptors (Lipinski definition) is 15. The summed E-state index contributed by atoms with van der Waals surface area (Å²) in [6.07, 6.45) is 37.9.